The molecule has 0 fully saturated rings. The molecular formula is C32H38Cl2Zr. The Labute approximate surface area is 225 Å². The molecule has 0 saturated heterocycles. The predicted octanol–water partition coefficient (Wildman–Crippen LogP) is 8.12. The summed E-state index contributed by atoms with van der Waals surface area (Å²) in [5.41, 5.74) is 7.41. The van der Waals surface area contributed by atoms with Crippen LogP contribution >= 0.6 is 24.8 Å². The van der Waals surface area contributed by atoms with Crippen molar-refractivity contribution in [2.24, 2.45) is 11.3 Å². The van der Waals surface area contributed by atoms with Crippen LogP contribution in [0, 0.1) is 11.3 Å². The van der Waals surface area contributed by atoms with Crippen LogP contribution in [0.4, 0.5) is 0 Å². The normalized spacial score (nSPS) is 16.9. The van der Waals surface area contributed by atoms with E-state index in [0.29, 0.717) is 5.92 Å². The molecule has 0 bridgehead atoms. The van der Waals surface area contributed by atoms with Crippen molar-refractivity contribution < 1.29 is 18.3 Å². The van der Waals surface area contributed by atoms with E-state index in [1.165, 1.54) is 31.1 Å². The summed E-state index contributed by atoms with van der Waals surface area (Å²) in [6, 6.07) is 27.3. The van der Waals surface area contributed by atoms with Crippen molar-refractivity contribution >= 4 is 35.6 Å². The molecule has 5 rings (SSSR count). The molecule has 0 aliphatic heterocycles. The number of hydrogen-bond acceptors (Lipinski definition) is 0. The number of benzene rings is 3. The zero-order valence-electron chi connectivity index (χ0n) is 21.6. The Balaban J connectivity index is 0.00000171. The minimum absolute atomic E-state index is 0. The van der Waals surface area contributed by atoms with Crippen LogP contribution in [0.1, 0.15) is 45.2 Å². The molecule has 0 aromatic heterocycles. The average Bonchev–Trinajstić information content (AvgIpc) is 3.42. The van der Waals surface area contributed by atoms with E-state index in [-0.39, 0.29) is 30.2 Å². The van der Waals surface area contributed by atoms with E-state index in [4.69, 9.17) is 4.21 Å². The van der Waals surface area contributed by atoms with Crippen molar-refractivity contribution in [3.05, 3.63) is 105 Å². The van der Waals surface area contributed by atoms with Gasteiger partial charge in [-0.05, 0) is 0 Å². The summed E-state index contributed by atoms with van der Waals surface area (Å²) in [7, 11) is 0. The maximum atomic E-state index is 5.39. The van der Waals surface area contributed by atoms with Gasteiger partial charge in [-0.1, -0.05) is 0 Å². The Morgan fingerprint density at radius 1 is 0.857 bits per heavy atom. The van der Waals surface area contributed by atoms with E-state index in [9.17, 15) is 0 Å². The van der Waals surface area contributed by atoms with Crippen LogP contribution in [0.15, 0.2) is 93.8 Å². The fourth-order valence-electron chi connectivity index (χ4n) is 6.29. The van der Waals surface area contributed by atoms with Gasteiger partial charge >= 0.3 is 202 Å². The molecule has 3 aromatic rings. The van der Waals surface area contributed by atoms with Crippen molar-refractivity contribution in [3.8, 4) is 11.1 Å². The van der Waals surface area contributed by atoms with Gasteiger partial charge in [-0.15, -0.1) is 24.8 Å². The molecular weight excluding hydrogens is 546 g/mol. The van der Waals surface area contributed by atoms with Gasteiger partial charge in [0.1, 0.15) is 0 Å². The fourth-order valence-corrected chi connectivity index (χ4v) is 19.7. The van der Waals surface area contributed by atoms with Gasteiger partial charge in [-0.3, -0.25) is 0 Å². The molecule has 0 nitrogen and oxygen atoms in total. The summed E-state index contributed by atoms with van der Waals surface area (Å²) in [5.74, 6) is 0.465. The minimum atomic E-state index is -4.14. The van der Waals surface area contributed by atoms with Gasteiger partial charge in [0.05, 0.1) is 0 Å². The second kappa shape index (κ2) is 9.74. The van der Waals surface area contributed by atoms with Crippen molar-refractivity contribution in [1.82, 2.24) is 0 Å². The molecule has 1 unspecified atom stereocenters. The SMILES string of the molecule is Cl.Cl.[CH2]=[Zr]([CH3])([C]1=CC(C(C)(C)C)=CC1CC)([c]1ccccc1)[c]1cccc2c1Cc1ccccc1-2. The van der Waals surface area contributed by atoms with Crippen LogP contribution in [0.25, 0.3) is 11.1 Å². The summed E-state index contributed by atoms with van der Waals surface area (Å²) in [5, 5.41) is 0. The zero-order chi connectivity index (χ0) is 23.5. The second-order valence-electron chi connectivity index (χ2n) is 11.5. The van der Waals surface area contributed by atoms with E-state index in [1.807, 2.05) is 0 Å². The third-order valence-electron chi connectivity index (χ3n) is 8.31. The van der Waals surface area contributed by atoms with E-state index in [2.05, 4.69) is 117 Å². The Kier molecular flexibility index (Phi) is 7.80. The Bertz CT molecular complexity index is 1370. The quantitative estimate of drug-likeness (QED) is 0.227. The molecule has 0 amide bonds. The molecule has 2 aliphatic rings. The first-order valence-corrected chi connectivity index (χ1v) is 20.3. The molecule has 2 aliphatic carbocycles. The molecule has 1 atom stereocenters. The van der Waals surface area contributed by atoms with Crippen LogP contribution in [-0.4, -0.2) is 4.21 Å². The summed E-state index contributed by atoms with van der Waals surface area (Å²) in [4.78, 5) is 0. The van der Waals surface area contributed by atoms with Crippen LogP contribution in [0.2, 0.25) is 4.63 Å². The summed E-state index contributed by atoms with van der Waals surface area (Å²) >= 11 is -4.14. The molecule has 0 heterocycles. The van der Waals surface area contributed by atoms with Gasteiger partial charge in [0.25, 0.3) is 0 Å². The summed E-state index contributed by atoms with van der Waals surface area (Å²) in [6.45, 7) is 9.36. The Morgan fingerprint density at radius 3 is 2.14 bits per heavy atom. The van der Waals surface area contributed by atoms with Crippen LogP contribution in [0.3, 0.4) is 0 Å². The second-order valence-corrected chi connectivity index (χ2v) is 25.6. The molecule has 0 spiro atoms. The van der Waals surface area contributed by atoms with Crippen molar-refractivity contribution in [3.63, 3.8) is 0 Å². The van der Waals surface area contributed by atoms with Crippen molar-refractivity contribution in [2.75, 3.05) is 0 Å². The molecule has 0 N–H and O–H groups in total. The van der Waals surface area contributed by atoms with Gasteiger partial charge in [-0.2, -0.15) is 0 Å². The predicted molar refractivity (Wildman–Crippen MR) is 157 cm³/mol. The molecule has 3 heteroatoms. The first kappa shape index (κ1) is 28.1. The van der Waals surface area contributed by atoms with Crippen molar-refractivity contribution in [2.45, 2.75) is 45.2 Å². The Hall–Kier alpha value is -1.53. The van der Waals surface area contributed by atoms with E-state index < -0.39 is 18.3 Å². The number of rotatable bonds is 4. The molecule has 35 heavy (non-hydrogen) atoms. The first-order valence-electron chi connectivity index (χ1n) is 12.4. The van der Waals surface area contributed by atoms with Crippen molar-refractivity contribution in [1.29, 1.82) is 0 Å². The molecule has 0 radical (unpaired) electrons. The average molecular weight is 585 g/mol. The Morgan fingerprint density at radius 2 is 1.49 bits per heavy atom. The number of allylic oxidation sites excluding steroid dienone is 4. The fraction of sp³-hybridized carbons (Fsp3) is 0.281. The van der Waals surface area contributed by atoms with Crippen LogP contribution in [0.5, 0.6) is 0 Å². The molecule has 0 saturated carbocycles. The third kappa shape index (κ3) is 4.33. The zero-order valence-corrected chi connectivity index (χ0v) is 25.7. The summed E-state index contributed by atoms with van der Waals surface area (Å²) < 4.78 is 12.6. The topological polar surface area (TPSA) is 0 Å². The van der Waals surface area contributed by atoms with Gasteiger partial charge < -0.3 is 0 Å². The maximum absolute atomic E-state index is 5.39. The summed E-state index contributed by atoms with van der Waals surface area (Å²) in [6.07, 6.45) is 7.27. The van der Waals surface area contributed by atoms with Crippen LogP contribution < -0.4 is 6.54 Å². The monoisotopic (exact) mass is 582 g/mol. The number of halogens is 2. The van der Waals surface area contributed by atoms with E-state index in [0.717, 1.165) is 12.8 Å². The van der Waals surface area contributed by atoms with E-state index in [1.54, 1.807) is 6.55 Å². The van der Waals surface area contributed by atoms with Gasteiger partial charge in [0, 0.05) is 0 Å². The van der Waals surface area contributed by atoms with Gasteiger partial charge in [0.15, 0.2) is 0 Å². The number of fused-ring (bicyclic) bond motifs is 3. The van der Waals surface area contributed by atoms with Gasteiger partial charge in [-0.25, -0.2) is 0 Å². The number of hydrogen-bond donors (Lipinski definition) is 0. The third-order valence-corrected chi connectivity index (χ3v) is 22.8. The molecule has 3 aromatic carbocycles. The standard InChI is InChI=1S/C13H9.C11H17.C6H5.CH3.CH2.2ClH.Zr/c1-3-7-12-10(5-1)9-11-6-2-4-8-13(11)12;1-5-9-6-7-10(8-9)11(2,3)4;1-2-4-6-5-3-1;;;;;/h1-5,7-8H,9H2;7-9H,5H2,1-4H3;1-5H;1H3;1H2;2*1H;. The molecule has 184 valence electrons. The van der Waals surface area contributed by atoms with E-state index >= 15 is 0 Å². The van der Waals surface area contributed by atoms with Crippen LogP contribution in [-0.2, 0) is 24.7 Å². The van der Waals surface area contributed by atoms with Gasteiger partial charge in [0.2, 0.25) is 0 Å². The first-order chi connectivity index (χ1) is 15.6.